The Kier molecular flexibility index (Phi) is 4.10. The number of hydrazine groups is 1. The summed E-state index contributed by atoms with van der Waals surface area (Å²) in [4.78, 5) is 12.3. The summed E-state index contributed by atoms with van der Waals surface area (Å²) in [5.74, 6) is 6.65. The highest BCUT2D eigenvalue weighted by atomic mass is 16.1. The van der Waals surface area contributed by atoms with Crippen LogP contribution in [-0.4, -0.2) is 11.9 Å². The molecule has 1 aliphatic rings. The second-order valence-electron chi connectivity index (χ2n) is 5.69. The molecule has 1 fully saturated rings. The number of amides is 1. The summed E-state index contributed by atoms with van der Waals surface area (Å²) in [6, 6.07) is 5.91. The van der Waals surface area contributed by atoms with Gasteiger partial charge in [0.2, 0.25) is 0 Å². The maximum atomic E-state index is 12.3. The molecule has 0 radical (unpaired) electrons. The van der Waals surface area contributed by atoms with Gasteiger partial charge in [-0.3, -0.25) is 10.6 Å². The average molecular weight is 261 g/mol. The second kappa shape index (κ2) is 5.61. The molecule has 0 saturated heterocycles. The topological polar surface area (TPSA) is 67.2 Å². The quantitative estimate of drug-likeness (QED) is 0.578. The van der Waals surface area contributed by atoms with Crippen LogP contribution in [-0.2, 0) is 0 Å². The van der Waals surface area contributed by atoms with Gasteiger partial charge in [0.1, 0.15) is 0 Å². The van der Waals surface area contributed by atoms with E-state index in [0.29, 0.717) is 23.1 Å². The zero-order chi connectivity index (χ0) is 14.0. The van der Waals surface area contributed by atoms with E-state index in [0.717, 1.165) is 12.0 Å². The Morgan fingerprint density at radius 2 is 2.05 bits per heavy atom. The molecule has 0 bridgehead atoms. The normalized spacial score (nSPS) is 26.2. The van der Waals surface area contributed by atoms with Crippen LogP contribution in [0.2, 0.25) is 0 Å². The van der Waals surface area contributed by atoms with Gasteiger partial charge in [0, 0.05) is 6.04 Å². The first-order valence-electron chi connectivity index (χ1n) is 6.91. The Labute approximate surface area is 114 Å². The number of carbonyl (C=O) groups is 1. The fourth-order valence-electron chi connectivity index (χ4n) is 2.79. The van der Waals surface area contributed by atoms with Crippen molar-refractivity contribution in [3.05, 3.63) is 29.3 Å². The number of rotatable bonds is 3. The molecular weight excluding hydrogens is 238 g/mol. The zero-order valence-electron chi connectivity index (χ0n) is 11.9. The zero-order valence-corrected chi connectivity index (χ0v) is 11.9. The van der Waals surface area contributed by atoms with Crippen molar-refractivity contribution in [1.82, 2.24) is 5.32 Å². The summed E-state index contributed by atoms with van der Waals surface area (Å²) in [6.45, 7) is 6.43. The molecule has 1 amide bonds. The largest absolute Gasteiger partial charge is 0.349 e. The molecule has 1 aromatic carbocycles. The van der Waals surface area contributed by atoms with Crippen molar-refractivity contribution in [2.45, 2.75) is 39.7 Å². The number of anilines is 1. The lowest BCUT2D eigenvalue weighted by Crippen LogP contribution is -2.37. The van der Waals surface area contributed by atoms with Gasteiger partial charge in [0.15, 0.2) is 0 Å². The first-order valence-corrected chi connectivity index (χ1v) is 6.91. The number of nitrogen functional groups attached to an aromatic ring is 1. The summed E-state index contributed by atoms with van der Waals surface area (Å²) in [5, 5.41) is 3.14. The monoisotopic (exact) mass is 261 g/mol. The van der Waals surface area contributed by atoms with Crippen molar-refractivity contribution in [3.63, 3.8) is 0 Å². The number of carbonyl (C=O) groups excluding carboxylic acids is 1. The Bertz CT molecular complexity index is 472. The molecule has 0 heterocycles. The van der Waals surface area contributed by atoms with Crippen LogP contribution >= 0.6 is 0 Å². The minimum atomic E-state index is -0.0427. The van der Waals surface area contributed by atoms with E-state index in [1.165, 1.54) is 6.42 Å². The lowest BCUT2D eigenvalue weighted by molar-refractivity contribution is 0.0928. The molecule has 2 rings (SSSR count). The summed E-state index contributed by atoms with van der Waals surface area (Å²) >= 11 is 0. The number of nitrogens with one attached hydrogen (secondary N) is 2. The van der Waals surface area contributed by atoms with Gasteiger partial charge in [0.05, 0.1) is 11.3 Å². The van der Waals surface area contributed by atoms with Crippen LogP contribution in [0.1, 0.15) is 42.6 Å². The minimum absolute atomic E-state index is 0.0427. The number of aryl methyl sites for hydroxylation is 1. The third kappa shape index (κ3) is 2.89. The first kappa shape index (κ1) is 13.9. The van der Waals surface area contributed by atoms with Crippen molar-refractivity contribution in [2.75, 3.05) is 5.43 Å². The lowest BCUT2D eigenvalue weighted by Gasteiger charge is -2.20. The minimum Gasteiger partial charge on any atom is -0.349 e. The van der Waals surface area contributed by atoms with E-state index in [9.17, 15) is 4.79 Å². The van der Waals surface area contributed by atoms with Crippen LogP contribution in [0.3, 0.4) is 0 Å². The maximum absolute atomic E-state index is 12.3. The van der Waals surface area contributed by atoms with Gasteiger partial charge in [-0.15, -0.1) is 0 Å². The second-order valence-corrected chi connectivity index (χ2v) is 5.69. The molecule has 1 aromatic rings. The van der Waals surface area contributed by atoms with Crippen molar-refractivity contribution in [2.24, 2.45) is 17.7 Å². The fraction of sp³-hybridized carbons (Fsp3) is 0.533. The highest BCUT2D eigenvalue weighted by molar-refractivity contribution is 5.99. The molecule has 1 saturated carbocycles. The fourth-order valence-corrected chi connectivity index (χ4v) is 2.79. The van der Waals surface area contributed by atoms with Crippen molar-refractivity contribution < 1.29 is 4.79 Å². The van der Waals surface area contributed by atoms with Crippen LogP contribution in [0.5, 0.6) is 0 Å². The highest BCUT2D eigenvalue weighted by Gasteiger charge is 2.31. The molecule has 0 aliphatic heterocycles. The molecule has 3 atom stereocenters. The number of benzene rings is 1. The Morgan fingerprint density at radius 3 is 2.63 bits per heavy atom. The van der Waals surface area contributed by atoms with Gasteiger partial charge in [0.25, 0.3) is 5.91 Å². The van der Waals surface area contributed by atoms with Gasteiger partial charge in [-0.25, -0.2) is 0 Å². The van der Waals surface area contributed by atoms with E-state index in [-0.39, 0.29) is 11.9 Å². The van der Waals surface area contributed by atoms with Gasteiger partial charge in [-0.05, 0) is 49.3 Å². The van der Waals surface area contributed by atoms with Gasteiger partial charge in [-0.2, -0.15) is 0 Å². The molecule has 104 valence electrons. The predicted molar refractivity (Wildman–Crippen MR) is 77.8 cm³/mol. The molecule has 1 aliphatic carbocycles. The third-order valence-corrected chi connectivity index (χ3v) is 4.36. The Morgan fingerprint density at radius 1 is 1.32 bits per heavy atom. The van der Waals surface area contributed by atoms with Crippen LogP contribution in [0, 0.1) is 18.8 Å². The van der Waals surface area contributed by atoms with Crippen molar-refractivity contribution in [1.29, 1.82) is 0 Å². The molecule has 4 nitrogen and oxygen atoms in total. The number of nitrogens with two attached hydrogens (primary N) is 1. The van der Waals surface area contributed by atoms with Crippen molar-refractivity contribution >= 4 is 11.6 Å². The summed E-state index contributed by atoms with van der Waals surface area (Å²) in [5.41, 5.74) is 4.97. The van der Waals surface area contributed by atoms with E-state index in [4.69, 9.17) is 5.84 Å². The van der Waals surface area contributed by atoms with Crippen molar-refractivity contribution in [3.8, 4) is 0 Å². The lowest BCUT2D eigenvalue weighted by atomic mass is 9.97. The first-order chi connectivity index (χ1) is 9.02. The SMILES string of the molecule is Cc1ccc(C(=O)NC2CCC(C)C2C)c(NN)c1. The standard InChI is InChI=1S/C15H23N3O/c1-9-4-6-12(14(8-9)18-16)15(19)17-13-7-5-10(2)11(13)3/h4,6,8,10-11,13,18H,5,7,16H2,1-3H3,(H,17,19). The van der Waals surface area contributed by atoms with Crippen LogP contribution < -0.4 is 16.6 Å². The van der Waals surface area contributed by atoms with E-state index >= 15 is 0 Å². The van der Waals surface area contributed by atoms with Crippen LogP contribution in [0.15, 0.2) is 18.2 Å². The summed E-state index contributed by atoms with van der Waals surface area (Å²) in [7, 11) is 0. The van der Waals surface area contributed by atoms with Crippen LogP contribution in [0.4, 0.5) is 5.69 Å². The average Bonchev–Trinajstić information content (AvgIpc) is 2.70. The summed E-state index contributed by atoms with van der Waals surface area (Å²) in [6.07, 6.45) is 2.24. The third-order valence-electron chi connectivity index (χ3n) is 4.36. The molecule has 4 N–H and O–H groups in total. The maximum Gasteiger partial charge on any atom is 0.253 e. The van der Waals surface area contributed by atoms with Gasteiger partial charge in [-0.1, -0.05) is 19.9 Å². The molecular formula is C15H23N3O. The van der Waals surface area contributed by atoms with E-state index < -0.39 is 0 Å². The Balaban J connectivity index is 2.12. The highest BCUT2D eigenvalue weighted by Crippen LogP contribution is 2.31. The van der Waals surface area contributed by atoms with Gasteiger partial charge >= 0.3 is 0 Å². The molecule has 0 spiro atoms. The van der Waals surface area contributed by atoms with E-state index in [1.54, 1.807) is 0 Å². The van der Waals surface area contributed by atoms with Gasteiger partial charge < -0.3 is 10.7 Å². The molecule has 0 aromatic heterocycles. The number of hydrogen-bond acceptors (Lipinski definition) is 3. The van der Waals surface area contributed by atoms with E-state index in [2.05, 4.69) is 24.6 Å². The predicted octanol–water partition coefficient (Wildman–Crippen LogP) is 2.45. The van der Waals surface area contributed by atoms with E-state index in [1.807, 2.05) is 25.1 Å². The smallest absolute Gasteiger partial charge is 0.253 e. The summed E-state index contributed by atoms with van der Waals surface area (Å²) < 4.78 is 0. The van der Waals surface area contributed by atoms with Crippen LogP contribution in [0.25, 0.3) is 0 Å². The molecule has 19 heavy (non-hydrogen) atoms. The Hall–Kier alpha value is -1.55. The molecule has 4 heteroatoms. The molecule has 3 unspecified atom stereocenters. The number of hydrogen-bond donors (Lipinski definition) is 3.